The van der Waals surface area contributed by atoms with E-state index in [0.717, 1.165) is 5.56 Å². The first-order chi connectivity index (χ1) is 10.0. The van der Waals surface area contributed by atoms with Gasteiger partial charge in [-0.05, 0) is 56.2 Å². The quantitative estimate of drug-likeness (QED) is 0.931. The summed E-state index contributed by atoms with van der Waals surface area (Å²) < 4.78 is 0. The Morgan fingerprint density at radius 3 is 2.38 bits per heavy atom. The van der Waals surface area contributed by atoms with E-state index in [-0.39, 0.29) is 11.9 Å². The van der Waals surface area contributed by atoms with Crippen molar-refractivity contribution in [3.63, 3.8) is 0 Å². The van der Waals surface area contributed by atoms with Gasteiger partial charge in [-0.2, -0.15) is 5.26 Å². The van der Waals surface area contributed by atoms with Gasteiger partial charge in [0.25, 0.3) is 5.91 Å². The van der Waals surface area contributed by atoms with Crippen LogP contribution >= 0.6 is 0 Å². The molecule has 0 bridgehead atoms. The highest BCUT2D eigenvalue weighted by molar-refractivity contribution is 5.94. The second-order valence-electron chi connectivity index (χ2n) is 5.24. The molecule has 1 amide bonds. The molecule has 0 aliphatic heterocycles. The highest BCUT2D eigenvalue weighted by atomic mass is 16.1. The van der Waals surface area contributed by atoms with Crippen molar-refractivity contribution in [3.05, 3.63) is 70.3 Å². The summed E-state index contributed by atoms with van der Waals surface area (Å²) in [4.78, 5) is 12.2. The van der Waals surface area contributed by atoms with Crippen molar-refractivity contribution in [1.29, 1.82) is 5.26 Å². The third kappa shape index (κ3) is 3.49. The minimum atomic E-state index is -0.132. The molecule has 2 aromatic rings. The van der Waals surface area contributed by atoms with Crippen LogP contribution in [0.1, 0.15) is 45.6 Å². The van der Waals surface area contributed by atoms with Gasteiger partial charge < -0.3 is 5.32 Å². The van der Waals surface area contributed by atoms with Gasteiger partial charge >= 0.3 is 0 Å². The predicted octanol–water partition coefficient (Wildman–Crippen LogP) is 3.67. The molecule has 21 heavy (non-hydrogen) atoms. The van der Waals surface area contributed by atoms with Crippen molar-refractivity contribution in [2.24, 2.45) is 0 Å². The Morgan fingerprint density at radius 1 is 1.14 bits per heavy atom. The smallest absolute Gasteiger partial charge is 0.251 e. The third-order valence-electron chi connectivity index (χ3n) is 3.52. The second-order valence-corrected chi connectivity index (χ2v) is 5.24. The molecule has 0 saturated heterocycles. The fourth-order valence-electron chi connectivity index (χ4n) is 2.37. The normalized spacial score (nSPS) is 11.5. The molecule has 0 saturated carbocycles. The maximum Gasteiger partial charge on any atom is 0.251 e. The number of nitrogens with zero attached hydrogens (tertiary/aromatic N) is 1. The summed E-state index contributed by atoms with van der Waals surface area (Å²) in [7, 11) is 0. The number of aryl methyl sites for hydroxylation is 2. The molecule has 0 aliphatic rings. The lowest BCUT2D eigenvalue weighted by Crippen LogP contribution is -2.27. The lowest BCUT2D eigenvalue weighted by molar-refractivity contribution is 0.0940. The fourth-order valence-corrected chi connectivity index (χ4v) is 2.37. The Bertz CT molecular complexity index is 696. The zero-order valence-electron chi connectivity index (χ0n) is 12.5. The minimum absolute atomic E-state index is 0.0613. The Kier molecular flexibility index (Phi) is 4.39. The summed E-state index contributed by atoms with van der Waals surface area (Å²) >= 11 is 0. The summed E-state index contributed by atoms with van der Waals surface area (Å²) in [6.45, 7) is 6.07. The summed E-state index contributed by atoms with van der Waals surface area (Å²) in [6.07, 6.45) is 0. The van der Waals surface area contributed by atoms with E-state index in [0.29, 0.717) is 11.1 Å². The Balaban J connectivity index is 2.13. The lowest BCUT2D eigenvalue weighted by atomic mass is 10.00. The van der Waals surface area contributed by atoms with E-state index in [9.17, 15) is 4.79 Å². The number of nitrogens with one attached hydrogen (secondary N) is 1. The third-order valence-corrected chi connectivity index (χ3v) is 3.52. The van der Waals surface area contributed by atoms with Crippen LogP contribution < -0.4 is 5.32 Å². The minimum Gasteiger partial charge on any atom is -0.346 e. The first-order valence-corrected chi connectivity index (χ1v) is 6.89. The van der Waals surface area contributed by atoms with E-state index in [4.69, 9.17) is 5.26 Å². The number of hydrogen-bond donors (Lipinski definition) is 1. The molecule has 2 aromatic carbocycles. The molecule has 0 unspecified atom stereocenters. The SMILES string of the molecule is Cc1ccc([C@H](C)NC(=O)c2ccc(C#N)cc2)c(C)c1. The van der Waals surface area contributed by atoms with Crippen LogP contribution in [0, 0.1) is 25.2 Å². The number of benzene rings is 2. The molecule has 3 heteroatoms. The predicted molar refractivity (Wildman–Crippen MR) is 83.0 cm³/mol. The average molecular weight is 278 g/mol. The van der Waals surface area contributed by atoms with E-state index in [1.54, 1.807) is 24.3 Å². The maximum absolute atomic E-state index is 12.2. The van der Waals surface area contributed by atoms with E-state index in [1.807, 2.05) is 32.0 Å². The van der Waals surface area contributed by atoms with Crippen LogP contribution in [0.15, 0.2) is 42.5 Å². The molecular formula is C18H18N2O. The largest absolute Gasteiger partial charge is 0.346 e. The first-order valence-electron chi connectivity index (χ1n) is 6.89. The highest BCUT2D eigenvalue weighted by Gasteiger charge is 2.13. The van der Waals surface area contributed by atoms with E-state index in [1.165, 1.54) is 11.1 Å². The molecule has 2 rings (SSSR count). The lowest BCUT2D eigenvalue weighted by Gasteiger charge is -2.17. The Hall–Kier alpha value is -2.60. The zero-order valence-corrected chi connectivity index (χ0v) is 12.5. The van der Waals surface area contributed by atoms with Crippen LogP contribution in [0.3, 0.4) is 0 Å². The van der Waals surface area contributed by atoms with Crippen LogP contribution in [0.5, 0.6) is 0 Å². The van der Waals surface area contributed by atoms with E-state index >= 15 is 0 Å². The average Bonchev–Trinajstić information content (AvgIpc) is 2.47. The maximum atomic E-state index is 12.2. The van der Waals surface area contributed by atoms with Crippen LogP contribution in [0.4, 0.5) is 0 Å². The first kappa shape index (κ1) is 14.8. The molecule has 106 valence electrons. The monoisotopic (exact) mass is 278 g/mol. The van der Waals surface area contributed by atoms with E-state index in [2.05, 4.69) is 18.3 Å². The topological polar surface area (TPSA) is 52.9 Å². The molecule has 3 nitrogen and oxygen atoms in total. The molecule has 0 heterocycles. The zero-order chi connectivity index (χ0) is 15.4. The molecule has 1 atom stereocenters. The van der Waals surface area contributed by atoms with Crippen LogP contribution in [0.25, 0.3) is 0 Å². The standard InChI is InChI=1S/C18H18N2O/c1-12-4-9-17(13(2)10-12)14(3)20-18(21)16-7-5-15(11-19)6-8-16/h4-10,14H,1-3H3,(H,20,21)/t14-/m0/s1. The van der Waals surface area contributed by atoms with Gasteiger partial charge in [0.15, 0.2) is 0 Å². The van der Waals surface area contributed by atoms with Crippen LogP contribution in [-0.4, -0.2) is 5.91 Å². The molecule has 0 spiro atoms. The Morgan fingerprint density at radius 2 is 1.81 bits per heavy atom. The summed E-state index contributed by atoms with van der Waals surface area (Å²) in [5, 5.41) is 11.8. The molecule has 0 aliphatic carbocycles. The van der Waals surface area contributed by atoms with Crippen LogP contribution in [-0.2, 0) is 0 Å². The van der Waals surface area contributed by atoms with Gasteiger partial charge in [0.05, 0.1) is 17.7 Å². The summed E-state index contributed by atoms with van der Waals surface area (Å²) in [6, 6.07) is 14.8. The van der Waals surface area contributed by atoms with Crippen molar-refractivity contribution in [2.75, 3.05) is 0 Å². The Labute approximate surface area is 125 Å². The van der Waals surface area contributed by atoms with Gasteiger partial charge in [0.1, 0.15) is 0 Å². The molecule has 0 radical (unpaired) electrons. The highest BCUT2D eigenvalue weighted by Crippen LogP contribution is 2.19. The van der Waals surface area contributed by atoms with Gasteiger partial charge in [0.2, 0.25) is 0 Å². The van der Waals surface area contributed by atoms with Gasteiger partial charge in [0, 0.05) is 5.56 Å². The van der Waals surface area contributed by atoms with Gasteiger partial charge in [-0.15, -0.1) is 0 Å². The number of rotatable bonds is 3. The van der Waals surface area contributed by atoms with Crippen molar-refractivity contribution in [1.82, 2.24) is 5.32 Å². The van der Waals surface area contributed by atoms with Crippen molar-refractivity contribution in [2.45, 2.75) is 26.8 Å². The number of hydrogen-bond acceptors (Lipinski definition) is 2. The van der Waals surface area contributed by atoms with Crippen LogP contribution in [0.2, 0.25) is 0 Å². The number of amides is 1. The summed E-state index contributed by atoms with van der Waals surface area (Å²) in [5.41, 5.74) is 4.60. The molecular weight excluding hydrogens is 260 g/mol. The number of carbonyl (C=O) groups excluding carboxylic acids is 1. The number of nitriles is 1. The van der Waals surface area contributed by atoms with Crippen molar-refractivity contribution in [3.8, 4) is 6.07 Å². The molecule has 0 aromatic heterocycles. The van der Waals surface area contributed by atoms with Crippen molar-refractivity contribution >= 4 is 5.91 Å². The molecule has 1 N–H and O–H groups in total. The van der Waals surface area contributed by atoms with E-state index < -0.39 is 0 Å². The van der Waals surface area contributed by atoms with Crippen molar-refractivity contribution < 1.29 is 4.79 Å². The number of carbonyl (C=O) groups is 1. The van der Waals surface area contributed by atoms with Gasteiger partial charge in [-0.25, -0.2) is 0 Å². The van der Waals surface area contributed by atoms with Gasteiger partial charge in [-0.1, -0.05) is 23.8 Å². The fraction of sp³-hybridized carbons (Fsp3) is 0.222. The van der Waals surface area contributed by atoms with Gasteiger partial charge in [-0.3, -0.25) is 4.79 Å². The summed E-state index contributed by atoms with van der Waals surface area (Å²) in [5.74, 6) is -0.132. The second kappa shape index (κ2) is 6.23. The molecule has 0 fully saturated rings.